The highest BCUT2D eigenvalue weighted by Crippen LogP contribution is 2.28. The van der Waals surface area contributed by atoms with E-state index in [0.717, 1.165) is 35.1 Å². The molecule has 0 saturated heterocycles. The number of halogens is 4. The van der Waals surface area contributed by atoms with Crippen LogP contribution in [0.15, 0.2) is 80.8 Å². The molecule has 0 bridgehead atoms. The standard InChI is InChI=1S/C16H14F2N4O3S.C16H14F2N4OS/c1-21(12-5-4-10(17)7-11(12)18)13-6-9-8-19-16(26(3,24)25)20-14(9)22(2)15(13)23;1-21(12-5-4-10(17)7-11(12)18)13-6-9-8-19-16(24-3)20-14(9)22(2)15(13)23/h4-8H,1-3H3;4-8H,1-3H3. The molecule has 0 aliphatic rings. The van der Waals surface area contributed by atoms with Gasteiger partial charge in [0.2, 0.25) is 15.0 Å². The molecule has 0 unspecified atom stereocenters. The molecule has 2 aromatic carbocycles. The lowest BCUT2D eigenvalue weighted by molar-refractivity contribution is 0.582. The fourth-order valence-electron chi connectivity index (χ4n) is 4.95. The van der Waals surface area contributed by atoms with Crippen molar-refractivity contribution >= 4 is 66.4 Å². The van der Waals surface area contributed by atoms with Crippen LogP contribution in [0.1, 0.15) is 0 Å². The van der Waals surface area contributed by atoms with E-state index in [-0.39, 0.29) is 34.0 Å². The molecule has 6 rings (SSSR count). The minimum absolute atomic E-state index is 0.0107. The minimum atomic E-state index is -3.64. The number of hydrogen-bond donors (Lipinski definition) is 0. The van der Waals surface area contributed by atoms with Crippen molar-refractivity contribution in [2.45, 2.75) is 10.3 Å². The van der Waals surface area contributed by atoms with Crippen molar-refractivity contribution in [3.05, 3.63) is 105 Å². The summed E-state index contributed by atoms with van der Waals surface area (Å²) in [5.74, 6) is -2.96. The molecule has 18 heteroatoms. The zero-order valence-corrected chi connectivity index (χ0v) is 28.9. The first-order valence-corrected chi connectivity index (χ1v) is 17.5. The molecule has 50 heavy (non-hydrogen) atoms. The Hall–Kier alpha value is -5.36. The highest BCUT2D eigenvalue weighted by atomic mass is 32.2. The highest BCUT2D eigenvalue weighted by molar-refractivity contribution is 7.98. The largest absolute Gasteiger partial charge is 0.338 e. The highest BCUT2D eigenvalue weighted by Gasteiger charge is 2.20. The molecule has 4 heterocycles. The van der Waals surface area contributed by atoms with Gasteiger partial charge in [-0.05, 0) is 42.7 Å². The monoisotopic (exact) mass is 728 g/mol. The van der Waals surface area contributed by atoms with E-state index in [1.807, 2.05) is 6.26 Å². The maximum atomic E-state index is 14.0. The summed E-state index contributed by atoms with van der Waals surface area (Å²) in [4.78, 5) is 44.2. The Morgan fingerprint density at radius 2 is 1.12 bits per heavy atom. The van der Waals surface area contributed by atoms with Crippen molar-refractivity contribution in [1.29, 1.82) is 0 Å². The zero-order chi connectivity index (χ0) is 36.7. The first-order chi connectivity index (χ1) is 23.5. The summed E-state index contributed by atoms with van der Waals surface area (Å²) in [6.07, 6.45) is 5.70. The van der Waals surface area contributed by atoms with Gasteiger partial charge in [0.05, 0.1) is 11.4 Å². The lowest BCUT2D eigenvalue weighted by atomic mass is 10.2. The Balaban J connectivity index is 0.000000195. The van der Waals surface area contributed by atoms with Crippen molar-refractivity contribution in [3.63, 3.8) is 0 Å². The maximum absolute atomic E-state index is 14.0. The minimum Gasteiger partial charge on any atom is -0.338 e. The summed E-state index contributed by atoms with van der Waals surface area (Å²) in [5, 5.41) is 1.21. The van der Waals surface area contributed by atoms with Crippen LogP contribution in [0.4, 0.5) is 40.3 Å². The number of sulfone groups is 1. The van der Waals surface area contributed by atoms with E-state index >= 15 is 0 Å². The third-order valence-corrected chi connectivity index (χ3v) is 9.02. The third-order valence-electron chi connectivity index (χ3n) is 7.59. The van der Waals surface area contributed by atoms with Crippen molar-refractivity contribution < 1.29 is 26.0 Å². The van der Waals surface area contributed by atoms with Gasteiger partial charge < -0.3 is 9.80 Å². The first kappa shape index (κ1) is 35.9. The van der Waals surface area contributed by atoms with Crippen molar-refractivity contribution in [2.24, 2.45) is 14.1 Å². The summed E-state index contributed by atoms with van der Waals surface area (Å²) in [5.41, 5.74) is 0.225. The molecule has 0 atom stereocenters. The van der Waals surface area contributed by atoms with Crippen LogP contribution < -0.4 is 20.9 Å². The van der Waals surface area contributed by atoms with Gasteiger partial charge in [0.1, 0.15) is 45.9 Å². The second kappa shape index (κ2) is 13.9. The number of anilines is 4. The van der Waals surface area contributed by atoms with Crippen LogP contribution in [-0.4, -0.2) is 64.1 Å². The topological polar surface area (TPSA) is 136 Å². The van der Waals surface area contributed by atoms with Crippen LogP contribution >= 0.6 is 11.8 Å². The maximum Gasteiger partial charge on any atom is 0.275 e. The molecular weight excluding hydrogens is 701 g/mol. The molecule has 260 valence electrons. The summed E-state index contributed by atoms with van der Waals surface area (Å²) in [7, 11) is 2.39. The van der Waals surface area contributed by atoms with Gasteiger partial charge in [-0.3, -0.25) is 18.7 Å². The van der Waals surface area contributed by atoms with Gasteiger partial charge in [0.15, 0.2) is 5.16 Å². The first-order valence-electron chi connectivity index (χ1n) is 14.4. The van der Waals surface area contributed by atoms with Gasteiger partial charge in [0.25, 0.3) is 11.1 Å². The smallest absolute Gasteiger partial charge is 0.275 e. The number of thioether (sulfide) groups is 1. The second-order valence-electron chi connectivity index (χ2n) is 10.9. The van der Waals surface area contributed by atoms with Crippen LogP contribution in [0.3, 0.4) is 0 Å². The summed E-state index contributed by atoms with van der Waals surface area (Å²) >= 11 is 1.38. The van der Waals surface area contributed by atoms with E-state index in [0.29, 0.717) is 21.6 Å². The van der Waals surface area contributed by atoms with Crippen molar-refractivity contribution in [2.75, 3.05) is 36.4 Å². The fourth-order valence-corrected chi connectivity index (χ4v) is 5.78. The molecule has 0 fully saturated rings. The average Bonchev–Trinajstić information content (AvgIpc) is 3.07. The number of aromatic nitrogens is 6. The predicted octanol–water partition coefficient (Wildman–Crippen LogP) is 4.87. The molecule has 12 nitrogen and oxygen atoms in total. The molecule has 0 saturated carbocycles. The number of hydrogen-bond acceptors (Lipinski definition) is 11. The summed E-state index contributed by atoms with van der Waals surface area (Å²) in [6, 6.07) is 9.27. The average molecular weight is 729 g/mol. The molecule has 0 aliphatic heterocycles. The molecule has 4 aromatic heterocycles. The van der Waals surface area contributed by atoms with Gasteiger partial charge in [0, 0.05) is 69.7 Å². The fraction of sp³-hybridized carbons (Fsp3) is 0.188. The SMILES string of the molecule is CN(c1ccc(F)cc1F)c1cc2cnc(S(C)(=O)=O)nc2n(C)c1=O.CSc1ncc2cc(N(C)c3ccc(F)cc3F)c(=O)n(C)c2n1. The van der Waals surface area contributed by atoms with Gasteiger partial charge in [-0.15, -0.1) is 0 Å². The van der Waals surface area contributed by atoms with Gasteiger partial charge in [-0.2, -0.15) is 4.98 Å². The Bertz CT molecular complexity index is 2530. The van der Waals surface area contributed by atoms with Gasteiger partial charge >= 0.3 is 0 Å². The lowest BCUT2D eigenvalue weighted by Crippen LogP contribution is -2.26. The molecule has 0 aliphatic carbocycles. The zero-order valence-electron chi connectivity index (χ0n) is 27.3. The Morgan fingerprint density at radius 3 is 1.54 bits per heavy atom. The molecule has 0 spiro atoms. The van der Waals surface area contributed by atoms with E-state index in [1.165, 1.54) is 64.6 Å². The van der Waals surface area contributed by atoms with Gasteiger partial charge in [-0.25, -0.2) is 40.9 Å². The van der Waals surface area contributed by atoms with E-state index in [4.69, 9.17) is 0 Å². The Kier molecular flexibility index (Phi) is 9.97. The van der Waals surface area contributed by atoms with Crippen LogP contribution in [0.25, 0.3) is 22.1 Å². The van der Waals surface area contributed by atoms with E-state index < -0.39 is 43.8 Å². The van der Waals surface area contributed by atoms with Crippen LogP contribution in [0, 0.1) is 23.3 Å². The molecule has 0 N–H and O–H groups in total. The molecule has 0 radical (unpaired) electrons. The Morgan fingerprint density at radius 1 is 0.680 bits per heavy atom. The number of benzene rings is 2. The number of fused-ring (bicyclic) bond motifs is 2. The summed E-state index contributed by atoms with van der Waals surface area (Å²) < 4.78 is 80.0. The predicted molar refractivity (Wildman–Crippen MR) is 183 cm³/mol. The van der Waals surface area contributed by atoms with Crippen molar-refractivity contribution in [3.8, 4) is 0 Å². The number of pyridine rings is 2. The van der Waals surface area contributed by atoms with Crippen molar-refractivity contribution in [1.82, 2.24) is 29.1 Å². The quantitative estimate of drug-likeness (QED) is 0.132. The molecular formula is C32H28F4N8O4S2. The van der Waals surface area contributed by atoms with Crippen LogP contribution in [0.5, 0.6) is 0 Å². The van der Waals surface area contributed by atoms with E-state index in [2.05, 4.69) is 19.9 Å². The van der Waals surface area contributed by atoms with Gasteiger partial charge in [-0.1, -0.05) is 11.8 Å². The second-order valence-corrected chi connectivity index (χ2v) is 13.6. The molecule has 6 aromatic rings. The van der Waals surface area contributed by atoms with Crippen LogP contribution in [0.2, 0.25) is 0 Å². The number of aryl methyl sites for hydroxylation is 2. The van der Waals surface area contributed by atoms with Crippen LogP contribution in [-0.2, 0) is 23.9 Å². The van der Waals surface area contributed by atoms with E-state index in [1.54, 1.807) is 26.4 Å². The molecule has 0 amide bonds. The third kappa shape index (κ3) is 7.02. The number of nitrogens with zero attached hydrogens (tertiary/aromatic N) is 8. The summed E-state index contributed by atoms with van der Waals surface area (Å²) in [6.45, 7) is 0. The lowest BCUT2D eigenvalue weighted by Gasteiger charge is -2.20. The van der Waals surface area contributed by atoms with E-state index in [9.17, 15) is 35.6 Å². The normalized spacial score (nSPS) is 11.4. The number of rotatable bonds is 6. The Labute approximate surface area is 286 Å².